The van der Waals surface area contributed by atoms with Gasteiger partial charge < -0.3 is 4.74 Å². The molecule has 0 spiro atoms. The van der Waals surface area contributed by atoms with Crippen LogP contribution in [0.15, 0.2) is 24.4 Å². The van der Waals surface area contributed by atoms with Crippen LogP contribution in [0, 0.1) is 0 Å². The summed E-state index contributed by atoms with van der Waals surface area (Å²) in [6.45, 7) is 6.10. The van der Waals surface area contributed by atoms with Crippen LogP contribution in [0.4, 0.5) is 0 Å². The lowest BCUT2D eigenvalue weighted by atomic mass is 10.0. The van der Waals surface area contributed by atoms with Crippen molar-refractivity contribution in [1.82, 2.24) is 9.78 Å². The van der Waals surface area contributed by atoms with Crippen molar-refractivity contribution >= 4 is 10.9 Å². The molecule has 17 heavy (non-hydrogen) atoms. The molecule has 0 N–H and O–H groups in total. The van der Waals surface area contributed by atoms with Crippen LogP contribution in [0.2, 0.25) is 0 Å². The summed E-state index contributed by atoms with van der Waals surface area (Å²) in [5.41, 5.74) is 2.62. The first kappa shape index (κ1) is 10.8. The van der Waals surface area contributed by atoms with E-state index in [1.807, 2.05) is 6.20 Å². The number of rotatable bonds is 2. The zero-order valence-electron chi connectivity index (χ0n) is 10.4. The third kappa shape index (κ3) is 1.84. The Morgan fingerprint density at radius 1 is 1.41 bits per heavy atom. The van der Waals surface area contributed by atoms with Crippen molar-refractivity contribution in [2.45, 2.75) is 32.2 Å². The number of aromatic nitrogens is 2. The fourth-order valence-electron chi connectivity index (χ4n) is 2.42. The van der Waals surface area contributed by atoms with Crippen molar-refractivity contribution in [2.24, 2.45) is 0 Å². The zero-order chi connectivity index (χ0) is 11.8. The van der Waals surface area contributed by atoms with Gasteiger partial charge in [0.15, 0.2) is 0 Å². The number of hydrogen-bond donors (Lipinski definition) is 0. The minimum absolute atomic E-state index is 0.412. The lowest BCUT2D eigenvalue weighted by Gasteiger charge is -2.11. The Kier molecular flexibility index (Phi) is 2.63. The van der Waals surface area contributed by atoms with E-state index in [0.717, 1.165) is 19.6 Å². The molecule has 1 aromatic carbocycles. The van der Waals surface area contributed by atoms with Gasteiger partial charge in [-0.1, -0.05) is 26.0 Å². The van der Waals surface area contributed by atoms with Crippen molar-refractivity contribution in [3.8, 4) is 0 Å². The van der Waals surface area contributed by atoms with Gasteiger partial charge in [-0.3, -0.25) is 4.68 Å². The third-order valence-corrected chi connectivity index (χ3v) is 3.54. The maximum Gasteiger partial charge on any atom is 0.0781 e. The molecule has 1 atom stereocenters. The molecule has 1 fully saturated rings. The number of ether oxygens (including phenoxy) is 1. The lowest BCUT2D eigenvalue weighted by molar-refractivity contribution is 0.185. The van der Waals surface area contributed by atoms with Crippen LogP contribution in [0.5, 0.6) is 0 Å². The standard InChI is InChI=1S/C14H18N2O/c1-10(2)11-3-4-12-8-15-16(14(12)7-11)13-5-6-17-9-13/h3-4,7-8,10,13H,5-6,9H2,1-2H3. The van der Waals surface area contributed by atoms with Gasteiger partial charge in [-0.05, 0) is 24.0 Å². The quantitative estimate of drug-likeness (QED) is 0.792. The first-order chi connectivity index (χ1) is 8.25. The second-order valence-electron chi connectivity index (χ2n) is 5.08. The van der Waals surface area contributed by atoms with Gasteiger partial charge in [0, 0.05) is 12.0 Å². The van der Waals surface area contributed by atoms with Crippen molar-refractivity contribution in [2.75, 3.05) is 13.2 Å². The van der Waals surface area contributed by atoms with Gasteiger partial charge in [0.1, 0.15) is 0 Å². The highest BCUT2D eigenvalue weighted by molar-refractivity contribution is 5.79. The minimum atomic E-state index is 0.412. The summed E-state index contributed by atoms with van der Waals surface area (Å²) in [6.07, 6.45) is 3.03. The van der Waals surface area contributed by atoms with Crippen molar-refractivity contribution in [3.05, 3.63) is 30.0 Å². The minimum Gasteiger partial charge on any atom is -0.379 e. The molecular formula is C14H18N2O. The van der Waals surface area contributed by atoms with Gasteiger partial charge in [-0.15, -0.1) is 0 Å². The number of fused-ring (bicyclic) bond motifs is 1. The summed E-state index contributed by atoms with van der Waals surface area (Å²) in [6, 6.07) is 7.05. The Bertz CT molecular complexity index is 524. The molecule has 2 aromatic rings. The average Bonchev–Trinajstić information content (AvgIpc) is 2.96. The topological polar surface area (TPSA) is 27.1 Å². The predicted octanol–water partition coefficient (Wildman–Crippen LogP) is 3.12. The van der Waals surface area contributed by atoms with E-state index >= 15 is 0 Å². The van der Waals surface area contributed by atoms with E-state index in [0.29, 0.717) is 12.0 Å². The van der Waals surface area contributed by atoms with E-state index in [1.54, 1.807) is 0 Å². The summed E-state index contributed by atoms with van der Waals surface area (Å²) >= 11 is 0. The Morgan fingerprint density at radius 3 is 3.00 bits per heavy atom. The highest BCUT2D eigenvalue weighted by atomic mass is 16.5. The van der Waals surface area contributed by atoms with Gasteiger partial charge in [0.25, 0.3) is 0 Å². The van der Waals surface area contributed by atoms with Gasteiger partial charge in [0.05, 0.1) is 24.4 Å². The summed E-state index contributed by atoms with van der Waals surface area (Å²) < 4.78 is 7.58. The van der Waals surface area contributed by atoms with Crippen molar-refractivity contribution < 1.29 is 4.74 Å². The van der Waals surface area contributed by atoms with Gasteiger partial charge >= 0.3 is 0 Å². The van der Waals surface area contributed by atoms with E-state index in [1.165, 1.54) is 16.5 Å². The average molecular weight is 230 g/mol. The second kappa shape index (κ2) is 4.15. The largest absolute Gasteiger partial charge is 0.379 e. The van der Waals surface area contributed by atoms with Crippen LogP contribution >= 0.6 is 0 Å². The molecular weight excluding hydrogens is 212 g/mol. The van der Waals surface area contributed by atoms with Crippen molar-refractivity contribution in [3.63, 3.8) is 0 Å². The van der Waals surface area contributed by atoms with Crippen LogP contribution in [0.3, 0.4) is 0 Å². The summed E-state index contributed by atoms with van der Waals surface area (Å²) in [7, 11) is 0. The predicted molar refractivity (Wildman–Crippen MR) is 68.3 cm³/mol. The normalized spacial score (nSPS) is 20.5. The molecule has 0 radical (unpaired) electrons. The maximum absolute atomic E-state index is 5.45. The second-order valence-corrected chi connectivity index (χ2v) is 5.08. The Hall–Kier alpha value is -1.35. The monoisotopic (exact) mass is 230 g/mol. The SMILES string of the molecule is CC(C)c1ccc2cnn(C3CCOC3)c2c1. The molecule has 1 unspecified atom stereocenters. The van der Waals surface area contributed by atoms with E-state index < -0.39 is 0 Å². The van der Waals surface area contributed by atoms with E-state index in [9.17, 15) is 0 Å². The molecule has 1 aromatic heterocycles. The van der Waals surface area contributed by atoms with E-state index in [-0.39, 0.29) is 0 Å². The summed E-state index contributed by atoms with van der Waals surface area (Å²) in [5.74, 6) is 0.558. The molecule has 1 aliphatic heterocycles. The Morgan fingerprint density at radius 2 is 2.29 bits per heavy atom. The molecule has 0 aliphatic carbocycles. The van der Waals surface area contributed by atoms with Gasteiger partial charge in [0.2, 0.25) is 0 Å². The highest BCUT2D eigenvalue weighted by Crippen LogP contribution is 2.26. The van der Waals surface area contributed by atoms with Crippen molar-refractivity contribution in [1.29, 1.82) is 0 Å². The molecule has 3 rings (SSSR count). The highest BCUT2D eigenvalue weighted by Gasteiger charge is 2.20. The molecule has 0 bridgehead atoms. The number of nitrogens with zero attached hydrogens (tertiary/aromatic N) is 2. The molecule has 3 nitrogen and oxygen atoms in total. The van der Waals surface area contributed by atoms with E-state index in [4.69, 9.17) is 4.74 Å². The summed E-state index contributed by atoms with van der Waals surface area (Å²) in [4.78, 5) is 0. The lowest BCUT2D eigenvalue weighted by Crippen LogP contribution is -2.09. The van der Waals surface area contributed by atoms with Gasteiger partial charge in [-0.25, -0.2) is 0 Å². The maximum atomic E-state index is 5.45. The Labute approximate surface area is 101 Å². The smallest absolute Gasteiger partial charge is 0.0781 e. The summed E-state index contributed by atoms with van der Waals surface area (Å²) in [5, 5.41) is 5.74. The van der Waals surface area contributed by atoms with Crippen LogP contribution in [-0.2, 0) is 4.74 Å². The molecule has 0 saturated carbocycles. The fourth-order valence-corrected chi connectivity index (χ4v) is 2.42. The van der Waals surface area contributed by atoms with Crippen LogP contribution in [0.1, 0.15) is 37.8 Å². The Balaban J connectivity index is 2.08. The molecule has 90 valence electrons. The van der Waals surface area contributed by atoms with Gasteiger partial charge in [-0.2, -0.15) is 5.10 Å². The zero-order valence-corrected chi connectivity index (χ0v) is 10.4. The van der Waals surface area contributed by atoms with E-state index in [2.05, 4.69) is 41.8 Å². The first-order valence-electron chi connectivity index (χ1n) is 6.30. The molecule has 1 saturated heterocycles. The molecule has 3 heteroatoms. The molecule has 1 aliphatic rings. The molecule has 0 amide bonds. The third-order valence-electron chi connectivity index (χ3n) is 3.54. The first-order valence-corrected chi connectivity index (χ1v) is 6.30. The van der Waals surface area contributed by atoms with Crippen LogP contribution < -0.4 is 0 Å². The van der Waals surface area contributed by atoms with Crippen LogP contribution in [-0.4, -0.2) is 23.0 Å². The van der Waals surface area contributed by atoms with Crippen LogP contribution in [0.25, 0.3) is 10.9 Å². The number of benzene rings is 1. The number of hydrogen-bond acceptors (Lipinski definition) is 2. The molecule has 2 heterocycles. The fraction of sp³-hybridized carbons (Fsp3) is 0.500.